The predicted molar refractivity (Wildman–Crippen MR) is 96.0 cm³/mol. The largest absolute Gasteiger partial charge is 0.465 e. The zero-order valence-corrected chi connectivity index (χ0v) is 15.9. The van der Waals surface area contributed by atoms with Crippen LogP contribution in [-0.4, -0.2) is 21.9 Å². The molecular formula is C18H32O3S. The summed E-state index contributed by atoms with van der Waals surface area (Å²) in [4.78, 5) is 12.3. The van der Waals surface area contributed by atoms with E-state index in [0.29, 0.717) is 19.4 Å². The van der Waals surface area contributed by atoms with Crippen LogP contribution in [-0.2, 0) is 9.53 Å². The summed E-state index contributed by atoms with van der Waals surface area (Å²) in [5.41, 5.74) is -0.673. The molecule has 0 aliphatic heterocycles. The summed E-state index contributed by atoms with van der Waals surface area (Å²) in [6.45, 7) is 14.2. The zero-order valence-electron chi connectivity index (χ0n) is 15.1. The van der Waals surface area contributed by atoms with Crippen molar-refractivity contribution >= 4 is 18.0 Å². The summed E-state index contributed by atoms with van der Waals surface area (Å²) in [6, 6.07) is 0. The first-order valence-electron chi connectivity index (χ1n) is 7.84. The maximum absolute atomic E-state index is 12.3. The molecule has 4 heteroatoms. The lowest BCUT2D eigenvalue weighted by molar-refractivity contribution is -0.160. The van der Waals surface area contributed by atoms with Crippen molar-refractivity contribution in [3.05, 3.63) is 24.3 Å². The van der Waals surface area contributed by atoms with Gasteiger partial charge in [-0.25, -0.2) is 0 Å². The third-order valence-electron chi connectivity index (χ3n) is 4.40. The van der Waals surface area contributed by atoms with E-state index in [0.717, 1.165) is 12.0 Å². The van der Waals surface area contributed by atoms with E-state index < -0.39 is 10.2 Å². The van der Waals surface area contributed by atoms with Crippen LogP contribution in [0.15, 0.2) is 24.3 Å². The number of rotatable bonds is 8. The number of allylic oxidation sites excluding steroid dienone is 2. The molecule has 0 aromatic carbocycles. The van der Waals surface area contributed by atoms with Crippen LogP contribution in [0, 0.1) is 10.8 Å². The zero-order chi connectivity index (χ0) is 17.4. The highest BCUT2D eigenvalue weighted by Crippen LogP contribution is 2.39. The molecule has 0 aromatic heterocycles. The van der Waals surface area contributed by atoms with Gasteiger partial charge in [-0.3, -0.25) is 4.79 Å². The number of ether oxygens (including phenoxy) is 1. The molecule has 0 aromatic rings. The molecule has 0 spiro atoms. The molecule has 0 radical (unpaired) electrons. The number of hydrogen-bond acceptors (Lipinski definition) is 4. The van der Waals surface area contributed by atoms with Gasteiger partial charge in [0.15, 0.2) is 0 Å². The standard InChI is InChI=1S/C18H32O3S/c1-8-11-18(22-20,12-9-2)13-10-14-21-15(19)17(6,7)16(3,4)5/h8-9,11-12,20H,10,13-14H2,1-7H3. The predicted octanol–water partition coefficient (Wildman–Crippen LogP) is 5.48. The van der Waals surface area contributed by atoms with Crippen molar-refractivity contribution < 1.29 is 14.1 Å². The van der Waals surface area contributed by atoms with E-state index in [1.807, 2.05) is 72.8 Å². The van der Waals surface area contributed by atoms with Crippen LogP contribution in [0.1, 0.15) is 61.3 Å². The second-order valence-electron chi connectivity index (χ2n) is 7.16. The highest BCUT2D eigenvalue weighted by molar-refractivity contribution is 7.95. The van der Waals surface area contributed by atoms with Crippen LogP contribution in [0.3, 0.4) is 0 Å². The minimum absolute atomic E-state index is 0.148. The molecular weight excluding hydrogens is 296 g/mol. The highest BCUT2D eigenvalue weighted by atomic mass is 32.2. The van der Waals surface area contributed by atoms with Crippen molar-refractivity contribution in [3.8, 4) is 0 Å². The van der Waals surface area contributed by atoms with E-state index in [-0.39, 0.29) is 11.4 Å². The molecule has 0 amide bonds. The van der Waals surface area contributed by atoms with Crippen LogP contribution < -0.4 is 0 Å². The Hall–Kier alpha value is -0.740. The third kappa shape index (κ3) is 5.81. The lowest BCUT2D eigenvalue weighted by Crippen LogP contribution is -2.39. The van der Waals surface area contributed by atoms with Gasteiger partial charge >= 0.3 is 5.97 Å². The molecule has 0 rings (SSSR count). The second-order valence-corrected chi connectivity index (χ2v) is 8.10. The lowest BCUT2D eigenvalue weighted by atomic mass is 9.69. The molecule has 1 N–H and O–H groups in total. The van der Waals surface area contributed by atoms with Gasteiger partial charge in [-0.2, -0.15) is 0 Å². The minimum atomic E-state index is -0.525. The quantitative estimate of drug-likeness (QED) is 0.277. The van der Waals surface area contributed by atoms with E-state index in [9.17, 15) is 9.35 Å². The van der Waals surface area contributed by atoms with Crippen LogP contribution in [0.2, 0.25) is 0 Å². The summed E-state index contributed by atoms with van der Waals surface area (Å²) in [6.07, 6.45) is 9.22. The average molecular weight is 329 g/mol. The molecule has 128 valence electrons. The van der Waals surface area contributed by atoms with Crippen molar-refractivity contribution in [1.29, 1.82) is 0 Å². The van der Waals surface area contributed by atoms with Crippen LogP contribution in [0.25, 0.3) is 0 Å². The van der Waals surface area contributed by atoms with Crippen molar-refractivity contribution in [2.45, 2.75) is 66.1 Å². The smallest absolute Gasteiger partial charge is 0.312 e. The van der Waals surface area contributed by atoms with Gasteiger partial charge in [0.1, 0.15) is 0 Å². The number of carbonyl (C=O) groups excluding carboxylic acids is 1. The maximum Gasteiger partial charge on any atom is 0.312 e. The Bertz CT molecular complexity index is 391. The van der Waals surface area contributed by atoms with Gasteiger partial charge in [0.25, 0.3) is 0 Å². The summed E-state index contributed by atoms with van der Waals surface area (Å²) in [5, 5.41) is 0. The first kappa shape index (κ1) is 21.3. The summed E-state index contributed by atoms with van der Waals surface area (Å²) in [7, 11) is 0. The minimum Gasteiger partial charge on any atom is -0.465 e. The van der Waals surface area contributed by atoms with E-state index >= 15 is 0 Å². The molecule has 0 aliphatic carbocycles. The van der Waals surface area contributed by atoms with E-state index in [2.05, 4.69) is 0 Å². The van der Waals surface area contributed by atoms with E-state index in [4.69, 9.17) is 4.74 Å². The van der Waals surface area contributed by atoms with Crippen molar-refractivity contribution in [3.63, 3.8) is 0 Å². The first-order chi connectivity index (χ1) is 10.1. The fourth-order valence-electron chi connectivity index (χ4n) is 1.89. The third-order valence-corrected chi connectivity index (χ3v) is 5.21. The molecule has 0 saturated carbocycles. The summed E-state index contributed by atoms with van der Waals surface area (Å²) in [5.74, 6) is -0.167. The number of esters is 1. The molecule has 0 bridgehead atoms. The molecule has 22 heavy (non-hydrogen) atoms. The number of hydrogen-bond donors (Lipinski definition) is 1. The summed E-state index contributed by atoms with van der Waals surface area (Å²) >= 11 is 0.821. The fraction of sp³-hybridized carbons (Fsp3) is 0.722. The topological polar surface area (TPSA) is 46.5 Å². The molecule has 0 atom stereocenters. The van der Waals surface area contributed by atoms with Gasteiger partial charge in [-0.15, -0.1) is 0 Å². The Morgan fingerprint density at radius 3 is 1.95 bits per heavy atom. The van der Waals surface area contributed by atoms with Crippen LogP contribution in [0.4, 0.5) is 0 Å². The second kappa shape index (κ2) is 8.78. The highest BCUT2D eigenvalue weighted by Gasteiger charge is 2.41. The average Bonchev–Trinajstić information content (AvgIpc) is 2.42. The monoisotopic (exact) mass is 328 g/mol. The van der Waals surface area contributed by atoms with Gasteiger partial charge in [-0.05, 0) is 46.0 Å². The lowest BCUT2D eigenvalue weighted by Gasteiger charge is -2.36. The fourth-order valence-corrected chi connectivity index (χ4v) is 2.52. The van der Waals surface area contributed by atoms with Crippen molar-refractivity contribution in [1.82, 2.24) is 0 Å². The van der Waals surface area contributed by atoms with Crippen LogP contribution in [0.5, 0.6) is 0 Å². The molecule has 0 fully saturated rings. The molecule has 0 unspecified atom stereocenters. The first-order valence-corrected chi connectivity index (χ1v) is 8.61. The van der Waals surface area contributed by atoms with Gasteiger partial charge in [0.05, 0.1) is 16.8 Å². The van der Waals surface area contributed by atoms with Gasteiger partial charge in [0, 0.05) is 12.0 Å². The van der Waals surface area contributed by atoms with Gasteiger partial charge in [0.2, 0.25) is 0 Å². The van der Waals surface area contributed by atoms with E-state index in [1.165, 1.54) is 0 Å². The number of carbonyl (C=O) groups is 1. The van der Waals surface area contributed by atoms with Gasteiger partial charge < -0.3 is 9.29 Å². The molecule has 0 aliphatic rings. The van der Waals surface area contributed by atoms with E-state index in [1.54, 1.807) is 0 Å². The maximum atomic E-state index is 12.3. The Morgan fingerprint density at radius 1 is 1.09 bits per heavy atom. The Balaban J connectivity index is 4.57. The Labute approximate surface area is 140 Å². The Morgan fingerprint density at radius 2 is 1.59 bits per heavy atom. The van der Waals surface area contributed by atoms with Crippen molar-refractivity contribution in [2.75, 3.05) is 6.61 Å². The van der Waals surface area contributed by atoms with Crippen LogP contribution >= 0.6 is 12.0 Å². The van der Waals surface area contributed by atoms with Gasteiger partial charge in [-0.1, -0.05) is 45.1 Å². The molecule has 0 saturated heterocycles. The molecule has 3 nitrogen and oxygen atoms in total. The van der Waals surface area contributed by atoms with Crippen molar-refractivity contribution in [2.24, 2.45) is 10.8 Å². The SMILES string of the molecule is CC=CC(C=CC)(CCCOC(=O)C(C)(C)C(C)(C)C)SO. The molecule has 0 heterocycles. The summed E-state index contributed by atoms with van der Waals surface area (Å²) < 4.78 is 14.6. The Kier molecular flexibility index (Phi) is 8.48. The normalized spacial score (nSPS) is 16.2.